The summed E-state index contributed by atoms with van der Waals surface area (Å²) in [5, 5.41) is 0. The molecule has 0 bridgehead atoms. The lowest BCUT2D eigenvalue weighted by atomic mass is 9.98. The van der Waals surface area contributed by atoms with Crippen LogP contribution in [0.3, 0.4) is 0 Å². The fourth-order valence-electron chi connectivity index (χ4n) is 3.51. The molecule has 0 unspecified atom stereocenters. The Morgan fingerprint density at radius 3 is 2.89 bits per heavy atom. The van der Waals surface area contributed by atoms with Gasteiger partial charge in [0.25, 0.3) is 5.91 Å². The predicted molar refractivity (Wildman–Crippen MR) is 101 cm³/mol. The second-order valence-corrected chi connectivity index (χ2v) is 7.20. The van der Waals surface area contributed by atoms with Crippen molar-refractivity contribution >= 4 is 11.7 Å². The molecule has 7 heteroatoms. The molecule has 142 valence electrons. The molecule has 1 amide bonds. The van der Waals surface area contributed by atoms with Gasteiger partial charge in [-0.3, -0.25) is 9.78 Å². The Morgan fingerprint density at radius 1 is 1.26 bits per heavy atom. The summed E-state index contributed by atoms with van der Waals surface area (Å²) in [7, 11) is 3.82. The highest BCUT2D eigenvalue weighted by atomic mass is 16.5. The smallest absolute Gasteiger partial charge is 0.252 e. The Labute approximate surface area is 158 Å². The highest BCUT2D eigenvalue weighted by Crippen LogP contribution is 2.24. The van der Waals surface area contributed by atoms with Gasteiger partial charge in [0.05, 0.1) is 25.5 Å². The molecule has 3 heterocycles. The largest absolute Gasteiger partial charge is 0.471 e. The quantitative estimate of drug-likeness (QED) is 0.818. The van der Waals surface area contributed by atoms with Crippen LogP contribution in [0.15, 0.2) is 36.7 Å². The molecular formula is C20H24N4O3. The number of nitrogens with zero attached hydrogens (tertiary/aromatic N) is 4. The molecule has 2 aliphatic heterocycles. The maximum Gasteiger partial charge on any atom is 0.252 e. The number of aromatic nitrogens is 2. The summed E-state index contributed by atoms with van der Waals surface area (Å²) in [5.41, 5.74) is 2.37. The average Bonchev–Trinajstić information content (AvgIpc) is 3.15. The van der Waals surface area contributed by atoms with Gasteiger partial charge in [-0.15, -0.1) is 0 Å². The molecule has 0 radical (unpaired) electrons. The minimum absolute atomic E-state index is 0.0451. The predicted octanol–water partition coefficient (Wildman–Crippen LogP) is 1.66. The van der Waals surface area contributed by atoms with Gasteiger partial charge < -0.3 is 19.3 Å². The third kappa shape index (κ3) is 3.88. The number of benzene rings is 1. The zero-order valence-electron chi connectivity index (χ0n) is 15.7. The normalized spacial score (nSPS) is 21.6. The number of carbonyl (C=O) groups is 1. The first-order valence-corrected chi connectivity index (χ1v) is 9.23. The number of amides is 1. The van der Waals surface area contributed by atoms with Crippen molar-refractivity contribution in [3.8, 4) is 5.88 Å². The van der Waals surface area contributed by atoms with E-state index in [4.69, 9.17) is 9.47 Å². The molecule has 1 aromatic heterocycles. The van der Waals surface area contributed by atoms with Crippen molar-refractivity contribution in [3.63, 3.8) is 0 Å². The maximum absolute atomic E-state index is 12.9. The molecule has 1 aromatic carbocycles. The van der Waals surface area contributed by atoms with Crippen LogP contribution in [-0.4, -0.2) is 60.2 Å². The first kappa shape index (κ1) is 17.7. The van der Waals surface area contributed by atoms with Gasteiger partial charge in [0.2, 0.25) is 5.88 Å². The molecule has 0 aliphatic carbocycles. The van der Waals surface area contributed by atoms with Crippen LogP contribution in [0.2, 0.25) is 0 Å². The molecular weight excluding hydrogens is 344 g/mol. The van der Waals surface area contributed by atoms with E-state index in [1.165, 1.54) is 11.1 Å². The average molecular weight is 368 g/mol. The van der Waals surface area contributed by atoms with E-state index in [2.05, 4.69) is 22.1 Å². The molecule has 27 heavy (non-hydrogen) atoms. The number of carbonyl (C=O) groups excluding carboxylic acids is 1. The Morgan fingerprint density at radius 2 is 2.07 bits per heavy atom. The molecule has 2 aliphatic rings. The zero-order chi connectivity index (χ0) is 18.8. The van der Waals surface area contributed by atoms with Crippen LogP contribution in [0, 0.1) is 0 Å². The Hall–Kier alpha value is -2.67. The van der Waals surface area contributed by atoms with Crippen molar-refractivity contribution in [2.24, 2.45) is 0 Å². The van der Waals surface area contributed by atoms with Crippen LogP contribution in [-0.2, 0) is 22.6 Å². The van der Waals surface area contributed by atoms with E-state index in [0.29, 0.717) is 32.0 Å². The number of anilines is 1. The number of likely N-dealkylation sites (tertiary alicyclic amines) is 1. The maximum atomic E-state index is 12.9. The van der Waals surface area contributed by atoms with Crippen molar-refractivity contribution in [1.29, 1.82) is 0 Å². The van der Waals surface area contributed by atoms with Gasteiger partial charge in [-0.05, 0) is 11.1 Å². The summed E-state index contributed by atoms with van der Waals surface area (Å²) < 4.78 is 11.8. The van der Waals surface area contributed by atoms with Gasteiger partial charge in [-0.2, -0.15) is 4.98 Å². The summed E-state index contributed by atoms with van der Waals surface area (Å²) in [4.78, 5) is 25.2. The van der Waals surface area contributed by atoms with Gasteiger partial charge in [-0.25, -0.2) is 0 Å². The molecule has 4 rings (SSSR count). The molecule has 0 spiro atoms. The molecule has 0 N–H and O–H groups in total. The number of rotatable bonds is 4. The number of hydrogen-bond acceptors (Lipinski definition) is 6. The van der Waals surface area contributed by atoms with Gasteiger partial charge in [-0.1, -0.05) is 24.3 Å². The van der Waals surface area contributed by atoms with Crippen LogP contribution in [0.1, 0.15) is 17.5 Å². The van der Waals surface area contributed by atoms with Crippen molar-refractivity contribution in [3.05, 3.63) is 47.8 Å². The summed E-state index contributed by atoms with van der Waals surface area (Å²) >= 11 is 0. The minimum Gasteiger partial charge on any atom is -0.471 e. The van der Waals surface area contributed by atoms with E-state index in [9.17, 15) is 4.79 Å². The van der Waals surface area contributed by atoms with Gasteiger partial charge in [0.15, 0.2) is 5.82 Å². The van der Waals surface area contributed by atoms with E-state index in [0.717, 1.165) is 12.2 Å². The van der Waals surface area contributed by atoms with Crippen molar-refractivity contribution < 1.29 is 14.3 Å². The van der Waals surface area contributed by atoms with Crippen LogP contribution in [0.4, 0.5) is 5.82 Å². The summed E-state index contributed by atoms with van der Waals surface area (Å²) in [6.45, 7) is 1.72. The number of ether oxygens (including phenoxy) is 2. The summed E-state index contributed by atoms with van der Waals surface area (Å²) in [6, 6.07) is 8.14. The fourth-order valence-corrected chi connectivity index (χ4v) is 3.51. The van der Waals surface area contributed by atoms with E-state index in [1.54, 1.807) is 12.4 Å². The van der Waals surface area contributed by atoms with E-state index < -0.39 is 6.10 Å². The molecule has 7 nitrogen and oxygen atoms in total. The second-order valence-electron chi connectivity index (χ2n) is 7.20. The summed E-state index contributed by atoms with van der Waals surface area (Å²) in [6.07, 6.45) is 4.23. The van der Waals surface area contributed by atoms with Crippen LogP contribution in [0.5, 0.6) is 5.88 Å². The monoisotopic (exact) mass is 368 g/mol. The molecule has 2 atom stereocenters. The minimum atomic E-state index is -0.407. The molecule has 2 aromatic rings. The Bertz CT molecular complexity index is 826. The second kappa shape index (κ2) is 7.52. The Kier molecular flexibility index (Phi) is 4.94. The van der Waals surface area contributed by atoms with Crippen molar-refractivity contribution in [2.75, 3.05) is 32.1 Å². The van der Waals surface area contributed by atoms with Gasteiger partial charge in [0.1, 0.15) is 12.2 Å². The number of fused-ring (bicyclic) bond motifs is 1. The van der Waals surface area contributed by atoms with Gasteiger partial charge >= 0.3 is 0 Å². The van der Waals surface area contributed by atoms with Crippen LogP contribution >= 0.6 is 0 Å². The van der Waals surface area contributed by atoms with E-state index in [-0.39, 0.29) is 12.0 Å². The fraction of sp³-hybridized carbons (Fsp3) is 0.450. The first-order chi connectivity index (χ1) is 13.1. The standard InChI is InChI=1S/C20H24N4O3/c1-23(2)18-10-21-11-19(22-18)27-16-7-8-24(12-16)20(25)17-9-14-5-3-4-6-15(14)13-26-17/h3-6,10-11,16-17H,7-9,12-13H2,1-2H3/t16-,17+/m0/s1. The lowest BCUT2D eigenvalue weighted by Gasteiger charge is -2.28. The topological polar surface area (TPSA) is 67.8 Å². The number of hydrogen-bond donors (Lipinski definition) is 0. The zero-order valence-corrected chi connectivity index (χ0v) is 15.7. The van der Waals surface area contributed by atoms with Crippen molar-refractivity contribution in [1.82, 2.24) is 14.9 Å². The Balaban J connectivity index is 1.36. The third-order valence-electron chi connectivity index (χ3n) is 5.04. The highest BCUT2D eigenvalue weighted by Gasteiger charge is 2.34. The third-order valence-corrected chi connectivity index (χ3v) is 5.04. The van der Waals surface area contributed by atoms with E-state index >= 15 is 0 Å². The lowest BCUT2D eigenvalue weighted by molar-refractivity contribution is -0.144. The van der Waals surface area contributed by atoms with Crippen molar-refractivity contribution in [2.45, 2.75) is 31.7 Å². The highest BCUT2D eigenvalue weighted by molar-refractivity contribution is 5.82. The molecule has 1 saturated heterocycles. The molecule has 0 saturated carbocycles. The SMILES string of the molecule is CN(C)c1cncc(O[C@H]2CCN(C(=O)[C@H]3Cc4ccccc4CO3)C2)n1. The lowest BCUT2D eigenvalue weighted by Crippen LogP contribution is -2.42. The van der Waals surface area contributed by atoms with Crippen LogP contribution in [0.25, 0.3) is 0 Å². The molecule has 1 fully saturated rings. The van der Waals surface area contributed by atoms with Crippen LogP contribution < -0.4 is 9.64 Å². The first-order valence-electron chi connectivity index (χ1n) is 9.23. The summed E-state index contributed by atoms with van der Waals surface area (Å²) in [5.74, 6) is 1.28. The van der Waals surface area contributed by atoms with E-state index in [1.807, 2.05) is 36.0 Å². The van der Waals surface area contributed by atoms with Gasteiger partial charge in [0, 0.05) is 33.5 Å².